The van der Waals surface area contributed by atoms with Gasteiger partial charge in [0.15, 0.2) is 0 Å². The molecular weight excluding hydrogens is 164 g/mol. The van der Waals surface area contributed by atoms with Crippen LogP contribution < -0.4 is 0 Å². The minimum Gasteiger partial charge on any atom is -0.508 e. The van der Waals surface area contributed by atoms with Gasteiger partial charge in [0.1, 0.15) is 11.5 Å². The number of aryl methyl sites for hydroxylation is 1. The van der Waals surface area contributed by atoms with Crippen LogP contribution in [0.1, 0.15) is 5.56 Å². The van der Waals surface area contributed by atoms with E-state index >= 15 is 0 Å². The molecule has 1 rings (SSSR count). The predicted molar refractivity (Wildman–Crippen MR) is 44.2 cm³/mol. The number of halogens is 1. The quantitative estimate of drug-likeness (QED) is 0.669. The van der Waals surface area contributed by atoms with Gasteiger partial charge in [0.2, 0.25) is 0 Å². The van der Waals surface area contributed by atoms with Crippen molar-refractivity contribution in [1.82, 2.24) is 0 Å². The maximum absolute atomic E-state index is 9.20. The second kappa shape index (κ2) is 3.49. The van der Waals surface area contributed by atoms with Crippen molar-refractivity contribution < 1.29 is 10.2 Å². The molecule has 2 N–H and O–H groups in total. The summed E-state index contributed by atoms with van der Waals surface area (Å²) in [7, 11) is 0. The molecule has 60 valence electrons. The Morgan fingerprint density at radius 3 is 2.55 bits per heavy atom. The van der Waals surface area contributed by atoms with Gasteiger partial charge in [-0.2, -0.15) is 0 Å². The molecule has 0 radical (unpaired) electrons. The molecule has 0 atom stereocenters. The van der Waals surface area contributed by atoms with E-state index in [2.05, 4.69) is 0 Å². The highest BCUT2D eigenvalue weighted by molar-refractivity contribution is 6.18. The SMILES string of the molecule is Oc1ccc(CCCl)c(O)c1. The lowest BCUT2D eigenvalue weighted by atomic mass is 10.1. The lowest BCUT2D eigenvalue weighted by Gasteiger charge is -2.01. The lowest BCUT2D eigenvalue weighted by Crippen LogP contribution is -1.85. The zero-order chi connectivity index (χ0) is 8.27. The second-order valence-corrected chi connectivity index (χ2v) is 2.63. The van der Waals surface area contributed by atoms with Crippen molar-refractivity contribution >= 4 is 11.6 Å². The number of phenols is 2. The van der Waals surface area contributed by atoms with Gasteiger partial charge in [-0.25, -0.2) is 0 Å². The van der Waals surface area contributed by atoms with Gasteiger partial charge in [-0.15, -0.1) is 11.6 Å². The monoisotopic (exact) mass is 172 g/mol. The Labute approximate surface area is 70.1 Å². The average Bonchev–Trinajstić information content (AvgIpc) is 1.95. The molecule has 1 aromatic carbocycles. The Morgan fingerprint density at radius 2 is 2.00 bits per heavy atom. The van der Waals surface area contributed by atoms with E-state index in [0.717, 1.165) is 5.56 Å². The van der Waals surface area contributed by atoms with Gasteiger partial charge in [-0.05, 0) is 18.1 Å². The predicted octanol–water partition coefficient (Wildman–Crippen LogP) is 1.88. The third kappa shape index (κ3) is 2.02. The minimum atomic E-state index is 0.0702. The molecule has 0 heterocycles. The third-order valence-electron chi connectivity index (χ3n) is 1.43. The molecule has 0 bridgehead atoms. The van der Waals surface area contributed by atoms with E-state index < -0.39 is 0 Å². The van der Waals surface area contributed by atoms with Gasteiger partial charge in [0.25, 0.3) is 0 Å². The standard InChI is InChI=1S/C8H9ClO2/c9-4-3-6-1-2-7(10)5-8(6)11/h1-2,5,10-11H,3-4H2. The fourth-order valence-electron chi connectivity index (χ4n) is 0.865. The molecular formula is C8H9ClO2. The summed E-state index contributed by atoms with van der Waals surface area (Å²) < 4.78 is 0. The number of hydrogen-bond acceptors (Lipinski definition) is 2. The van der Waals surface area contributed by atoms with Gasteiger partial charge in [0, 0.05) is 11.9 Å². The molecule has 3 heteroatoms. The van der Waals surface area contributed by atoms with Crippen molar-refractivity contribution in [2.75, 3.05) is 5.88 Å². The third-order valence-corrected chi connectivity index (χ3v) is 1.62. The molecule has 0 unspecified atom stereocenters. The Kier molecular flexibility index (Phi) is 2.60. The molecule has 0 aliphatic heterocycles. The molecule has 0 saturated carbocycles. The van der Waals surface area contributed by atoms with Crippen LogP contribution in [-0.4, -0.2) is 16.1 Å². The fraction of sp³-hybridized carbons (Fsp3) is 0.250. The van der Waals surface area contributed by atoms with E-state index in [-0.39, 0.29) is 11.5 Å². The first-order valence-corrected chi connectivity index (χ1v) is 3.84. The maximum atomic E-state index is 9.20. The summed E-state index contributed by atoms with van der Waals surface area (Å²) in [5, 5.41) is 18.1. The summed E-state index contributed by atoms with van der Waals surface area (Å²) >= 11 is 5.47. The Morgan fingerprint density at radius 1 is 1.27 bits per heavy atom. The van der Waals surface area contributed by atoms with Gasteiger partial charge >= 0.3 is 0 Å². The summed E-state index contributed by atoms with van der Waals surface area (Å²) in [4.78, 5) is 0. The topological polar surface area (TPSA) is 40.5 Å². The van der Waals surface area contributed by atoms with Crippen LogP contribution in [0.2, 0.25) is 0 Å². The maximum Gasteiger partial charge on any atom is 0.122 e. The molecule has 0 saturated heterocycles. The largest absolute Gasteiger partial charge is 0.508 e. The van der Waals surface area contributed by atoms with Crippen LogP contribution in [0.3, 0.4) is 0 Å². The van der Waals surface area contributed by atoms with Crippen LogP contribution in [0.4, 0.5) is 0 Å². The van der Waals surface area contributed by atoms with Crippen LogP contribution in [0, 0.1) is 0 Å². The van der Waals surface area contributed by atoms with E-state index in [9.17, 15) is 5.11 Å². The molecule has 0 amide bonds. The lowest BCUT2D eigenvalue weighted by molar-refractivity contribution is 0.446. The van der Waals surface area contributed by atoms with Crippen LogP contribution in [0.25, 0.3) is 0 Å². The van der Waals surface area contributed by atoms with Gasteiger partial charge < -0.3 is 10.2 Å². The number of rotatable bonds is 2. The van der Waals surface area contributed by atoms with Crippen molar-refractivity contribution in [3.63, 3.8) is 0 Å². The van der Waals surface area contributed by atoms with Gasteiger partial charge in [0.05, 0.1) is 0 Å². The zero-order valence-electron chi connectivity index (χ0n) is 5.92. The number of aromatic hydroxyl groups is 2. The van der Waals surface area contributed by atoms with E-state index in [1.165, 1.54) is 12.1 Å². The Hall–Kier alpha value is -0.890. The van der Waals surface area contributed by atoms with Gasteiger partial charge in [-0.3, -0.25) is 0 Å². The number of benzene rings is 1. The molecule has 0 spiro atoms. The highest BCUT2D eigenvalue weighted by Crippen LogP contribution is 2.22. The van der Waals surface area contributed by atoms with E-state index in [1.807, 2.05) is 0 Å². The highest BCUT2D eigenvalue weighted by atomic mass is 35.5. The van der Waals surface area contributed by atoms with Crippen molar-refractivity contribution in [3.8, 4) is 11.5 Å². The summed E-state index contributed by atoms with van der Waals surface area (Å²) in [5.41, 5.74) is 0.762. The van der Waals surface area contributed by atoms with E-state index in [4.69, 9.17) is 16.7 Å². The smallest absolute Gasteiger partial charge is 0.122 e. The van der Waals surface area contributed by atoms with E-state index in [1.54, 1.807) is 6.07 Å². The molecule has 2 nitrogen and oxygen atoms in total. The first-order valence-electron chi connectivity index (χ1n) is 3.31. The summed E-state index contributed by atoms with van der Waals surface area (Å²) in [5.74, 6) is 0.643. The molecule has 0 aromatic heterocycles. The van der Waals surface area contributed by atoms with Crippen LogP contribution in [0.15, 0.2) is 18.2 Å². The fourth-order valence-corrected chi connectivity index (χ4v) is 1.07. The minimum absolute atomic E-state index is 0.0702. The van der Waals surface area contributed by atoms with Crippen molar-refractivity contribution in [3.05, 3.63) is 23.8 Å². The van der Waals surface area contributed by atoms with E-state index in [0.29, 0.717) is 12.3 Å². The van der Waals surface area contributed by atoms with Crippen LogP contribution >= 0.6 is 11.6 Å². The van der Waals surface area contributed by atoms with Gasteiger partial charge in [-0.1, -0.05) is 6.07 Å². The normalized spacial score (nSPS) is 9.91. The second-order valence-electron chi connectivity index (χ2n) is 2.25. The number of phenolic OH excluding ortho intramolecular Hbond substituents is 2. The summed E-state index contributed by atoms with van der Waals surface area (Å²) in [6.45, 7) is 0. The van der Waals surface area contributed by atoms with Crippen molar-refractivity contribution in [2.45, 2.75) is 6.42 Å². The Balaban J connectivity index is 2.90. The highest BCUT2D eigenvalue weighted by Gasteiger charge is 1.99. The molecule has 0 aliphatic carbocycles. The summed E-state index contributed by atoms with van der Waals surface area (Å²) in [6.07, 6.45) is 0.619. The van der Waals surface area contributed by atoms with Crippen LogP contribution in [0.5, 0.6) is 11.5 Å². The average molecular weight is 173 g/mol. The summed E-state index contributed by atoms with van der Waals surface area (Å²) in [6, 6.07) is 4.50. The first kappa shape index (κ1) is 8.21. The number of hydrogen-bond donors (Lipinski definition) is 2. The molecule has 1 aromatic rings. The molecule has 11 heavy (non-hydrogen) atoms. The first-order chi connectivity index (χ1) is 5.24. The van der Waals surface area contributed by atoms with Crippen LogP contribution in [-0.2, 0) is 6.42 Å². The molecule has 0 aliphatic rings. The zero-order valence-corrected chi connectivity index (χ0v) is 6.67. The molecule has 0 fully saturated rings. The Bertz CT molecular complexity index is 248. The number of alkyl halides is 1. The van der Waals surface area contributed by atoms with Crippen molar-refractivity contribution in [2.24, 2.45) is 0 Å². The van der Waals surface area contributed by atoms with Crippen molar-refractivity contribution in [1.29, 1.82) is 0 Å².